The molecule has 1 aliphatic heterocycles. The van der Waals surface area contributed by atoms with E-state index in [0.29, 0.717) is 6.42 Å². The minimum atomic E-state index is -0.348. The van der Waals surface area contributed by atoms with Gasteiger partial charge in [-0.2, -0.15) is 0 Å². The van der Waals surface area contributed by atoms with E-state index in [9.17, 15) is 9.59 Å². The van der Waals surface area contributed by atoms with Gasteiger partial charge in [0.05, 0.1) is 0 Å². The van der Waals surface area contributed by atoms with Crippen LogP contribution >= 0.6 is 0 Å². The zero-order valence-corrected chi connectivity index (χ0v) is 14.3. The standard InChI is InChI=1S/C16H31N3O2/c1-7-8-13-16(21)19(12(4)9-10-18(5)6)14(11(2)3)15(20)17-13/h11-14H,7-10H2,1-6H3,(H,17,20). The molecule has 122 valence electrons. The molecule has 0 aromatic heterocycles. The lowest BCUT2D eigenvalue weighted by Gasteiger charge is -2.44. The fraction of sp³-hybridized carbons (Fsp3) is 0.875. The third-order valence-corrected chi connectivity index (χ3v) is 4.12. The van der Waals surface area contributed by atoms with Gasteiger partial charge in [0.15, 0.2) is 0 Å². The number of nitrogens with zero attached hydrogens (tertiary/aromatic N) is 2. The van der Waals surface area contributed by atoms with Gasteiger partial charge in [-0.3, -0.25) is 9.59 Å². The van der Waals surface area contributed by atoms with Crippen LogP contribution < -0.4 is 5.32 Å². The van der Waals surface area contributed by atoms with Crippen LogP contribution in [-0.4, -0.2) is 60.4 Å². The van der Waals surface area contributed by atoms with E-state index >= 15 is 0 Å². The Hall–Kier alpha value is -1.10. The first kappa shape index (κ1) is 18.0. The lowest BCUT2D eigenvalue weighted by atomic mass is 9.93. The van der Waals surface area contributed by atoms with Gasteiger partial charge < -0.3 is 15.1 Å². The first-order valence-corrected chi connectivity index (χ1v) is 8.06. The summed E-state index contributed by atoms with van der Waals surface area (Å²) in [5.41, 5.74) is 0. The molecule has 1 aliphatic rings. The molecule has 0 aromatic carbocycles. The van der Waals surface area contributed by atoms with Crippen molar-refractivity contribution in [1.29, 1.82) is 0 Å². The summed E-state index contributed by atoms with van der Waals surface area (Å²) < 4.78 is 0. The number of hydrogen-bond donors (Lipinski definition) is 1. The second-order valence-corrected chi connectivity index (χ2v) is 6.73. The zero-order chi connectivity index (χ0) is 16.2. The van der Waals surface area contributed by atoms with E-state index in [1.165, 1.54) is 0 Å². The Labute approximate surface area is 129 Å². The number of amides is 2. The van der Waals surface area contributed by atoms with Crippen LogP contribution in [0.1, 0.15) is 47.0 Å². The zero-order valence-electron chi connectivity index (χ0n) is 14.3. The molecular formula is C16H31N3O2. The Kier molecular flexibility index (Phi) is 6.65. The van der Waals surface area contributed by atoms with E-state index in [4.69, 9.17) is 0 Å². The second kappa shape index (κ2) is 7.78. The summed E-state index contributed by atoms with van der Waals surface area (Å²) in [7, 11) is 4.05. The summed E-state index contributed by atoms with van der Waals surface area (Å²) in [6.07, 6.45) is 2.49. The number of piperazine rings is 1. The largest absolute Gasteiger partial charge is 0.342 e. The molecule has 2 amide bonds. The van der Waals surface area contributed by atoms with Gasteiger partial charge in [-0.25, -0.2) is 0 Å². The number of rotatable bonds is 7. The van der Waals surface area contributed by atoms with Gasteiger partial charge >= 0.3 is 0 Å². The van der Waals surface area contributed by atoms with Crippen LogP contribution in [0.5, 0.6) is 0 Å². The van der Waals surface area contributed by atoms with Crippen LogP contribution in [0.25, 0.3) is 0 Å². The molecule has 1 fully saturated rings. The Morgan fingerprint density at radius 1 is 1.24 bits per heavy atom. The third kappa shape index (κ3) is 4.43. The van der Waals surface area contributed by atoms with Crippen molar-refractivity contribution in [2.24, 2.45) is 5.92 Å². The van der Waals surface area contributed by atoms with Gasteiger partial charge in [0.1, 0.15) is 12.1 Å². The maximum Gasteiger partial charge on any atom is 0.246 e. The predicted molar refractivity (Wildman–Crippen MR) is 84.9 cm³/mol. The number of hydrogen-bond acceptors (Lipinski definition) is 3. The quantitative estimate of drug-likeness (QED) is 0.774. The highest BCUT2D eigenvalue weighted by Gasteiger charge is 2.43. The molecule has 0 aliphatic carbocycles. The highest BCUT2D eigenvalue weighted by Crippen LogP contribution is 2.23. The molecule has 5 nitrogen and oxygen atoms in total. The van der Waals surface area contributed by atoms with Gasteiger partial charge in [0, 0.05) is 6.04 Å². The third-order valence-electron chi connectivity index (χ3n) is 4.12. The predicted octanol–water partition coefficient (Wildman–Crippen LogP) is 1.48. The molecule has 0 radical (unpaired) electrons. The minimum absolute atomic E-state index is 0.000229. The summed E-state index contributed by atoms with van der Waals surface area (Å²) in [4.78, 5) is 29.1. The summed E-state index contributed by atoms with van der Waals surface area (Å²) in [6, 6.07) is -0.611. The number of nitrogens with one attached hydrogen (secondary N) is 1. The van der Waals surface area contributed by atoms with Crippen molar-refractivity contribution in [2.45, 2.75) is 65.1 Å². The van der Waals surface area contributed by atoms with E-state index < -0.39 is 0 Å². The number of carbonyl (C=O) groups excluding carboxylic acids is 2. The molecule has 1 rings (SSSR count). The normalized spacial score (nSPS) is 24.7. The summed E-state index contributed by atoms with van der Waals surface area (Å²) in [5.74, 6) is 0.208. The van der Waals surface area contributed by atoms with Crippen LogP contribution in [0, 0.1) is 5.92 Å². The molecule has 1 saturated heterocycles. The average Bonchev–Trinajstić information content (AvgIpc) is 2.39. The fourth-order valence-electron chi connectivity index (χ4n) is 2.95. The Morgan fingerprint density at radius 3 is 2.33 bits per heavy atom. The maximum atomic E-state index is 12.8. The molecule has 0 aromatic rings. The summed E-state index contributed by atoms with van der Waals surface area (Å²) in [6.45, 7) is 9.01. The van der Waals surface area contributed by atoms with Crippen molar-refractivity contribution in [3.63, 3.8) is 0 Å². The fourth-order valence-corrected chi connectivity index (χ4v) is 2.95. The highest BCUT2D eigenvalue weighted by molar-refractivity contribution is 5.97. The number of carbonyl (C=O) groups is 2. The Balaban J connectivity index is 2.93. The van der Waals surface area contributed by atoms with E-state index in [-0.39, 0.29) is 35.9 Å². The minimum Gasteiger partial charge on any atom is -0.342 e. The molecule has 0 bridgehead atoms. The lowest BCUT2D eigenvalue weighted by Crippen LogP contribution is -2.66. The van der Waals surface area contributed by atoms with E-state index in [1.54, 1.807) is 0 Å². The van der Waals surface area contributed by atoms with Gasteiger partial charge in [-0.1, -0.05) is 27.2 Å². The molecular weight excluding hydrogens is 266 g/mol. The molecule has 3 unspecified atom stereocenters. The molecule has 21 heavy (non-hydrogen) atoms. The first-order valence-electron chi connectivity index (χ1n) is 8.06. The van der Waals surface area contributed by atoms with Crippen LogP contribution in [-0.2, 0) is 9.59 Å². The van der Waals surface area contributed by atoms with Crippen molar-refractivity contribution in [2.75, 3.05) is 20.6 Å². The Morgan fingerprint density at radius 2 is 1.86 bits per heavy atom. The molecule has 1 N–H and O–H groups in total. The first-order chi connectivity index (χ1) is 9.79. The average molecular weight is 297 g/mol. The van der Waals surface area contributed by atoms with E-state index in [2.05, 4.69) is 17.1 Å². The van der Waals surface area contributed by atoms with Crippen molar-refractivity contribution in [3.05, 3.63) is 0 Å². The van der Waals surface area contributed by atoms with Crippen LogP contribution in [0.15, 0.2) is 0 Å². The molecule has 5 heteroatoms. The van der Waals surface area contributed by atoms with Crippen LogP contribution in [0.3, 0.4) is 0 Å². The summed E-state index contributed by atoms with van der Waals surface area (Å²) >= 11 is 0. The van der Waals surface area contributed by atoms with Gasteiger partial charge in [-0.05, 0) is 46.3 Å². The van der Waals surface area contributed by atoms with Gasteiger partial charge in [0.2, 0.25) is 11.8 Å². The lowest BCUT2D eigenvalue weighted by molar-refractivity contribution is -0.154. The van der Waals surface area contributed by atoms with Crippen LogP contribution in [0.2, 0.25) is 0 Å². The van der Waals surface area contributed by atoms with Gasteiger partial charge in [-0.15, -0.1) is 0 Å². The van der Waals surface area contributed by atoms with Gasteiger partial charge in [0.25, 0.3) is 0 Å². The highest BCUT2D eigenvalue weighted by atomic mass is 16.2. The van der Waals surface area contributed by atoms with Crippen molar-refractivity contribution in [3.8, 4) is 0 Å². The Bertz CT molecular complexity index is 369. The molecule has 3 atom stereocenters. The molecule has 0 saturated carbocycles. The molecule has 0 spiro atoms. The topological polar surface area (TPSA) is 52.7 Å². The second-order valence-electron chi connectivity index (χ2n) is 6.73. The summed E-state index contributed by atoms with van der Waals surface area (Å²) in [5, 5.41) is 2.91. The SMILES string of the molecule is CCCC1NC(=O)C(C(C)C)N(C(C)CCN(C)C)C1=O. The van der Waals surface area contributed by atoms with Crippen molar-refractivity contribution in [1.82, 2.24) is 15.1 Å². The maximum absolute atomic E-state index is 12.8. The molecule has 1 heterocycles. The van der Waals surface area contributed by atoms with E-state index in [0.717, 1.165) is 19.4 Å². The smallest absolute Gasteiger partial charge is 0.246 e. The van der Waals surface area contributed by atoms with E-state index in [1.807, 2.05) is 39.8 Å². The monoisotopic (exact) mass is 297 g/mol. The van der Waals surface area contributed by atoms with Crippen LogP contribution in [0.4, 0.5) is 0 Å². The van der Waals surface area contributed by atoms with Crippen molar-refractivity contribution < 1.29 is 9.59 Å². The van der Waals surface area contributed by atoms with Crippen molar-refractivity contribution >= 4 is 11.8 Å².